The summed E-state index contributed by atoms with van der Waals surface area (Å²) in [6.45, 7) is 10.3. The summed E-state index contributed by atoms with van der Waals surface area (Å²) < 4.78 is 1.87. The highest BCUT2D eigenvalue weighted by molar-refractivity contribution is 5.22. The van der Waals surface area contributed by atoms with Crippen LogP contribution < -0.4 is 5.32 Å². The van der Waals surface area contributed by atoms with Gasteiger partial charge in [-0.25, -0.2) is 4.68 Å². The SMILES string of the molecule is CCc1ccc(Cn2nnnc2C(C)NCC(C)C)cc1. The van der Waals surface area contributed by atoms with Crippen molar-refractivity contribution in [3.05, 3.63) is 41.2 Å². The molecule has 2 aromatic rings. The van der Waals surface area contributed by atoms with E-state index in [4.69, 9.17) is 0 Å². The summed E-state index contributed by atoms with van der Waals surface area (Å²) >= 11 is 0. The molecule has 1 aromatic heterocycles. The van der Waals surface area contributed by atoms with Crippen LogP contribution in [0, 0.1) is 5.92 Å². The molecule has 1 N–H and O–H groups in total. The molecule has 5 nitrogen and oxygen atoms in total. The maximum atomic E-state index is 4.16. The molecule has 2 rings (SSSR count). The lowest BCUT2D eigenvalue weighted by Crippen LogP contribution is -2.26. The zero-order valence-electron chi connectivity index (χ0n) is 13.4. The normalized spacial score (nSPS) is 12.8. The molecule has 0 bridgehead atoms. The molecule has 0 aliphatic rings. The van der Waals surface area contributed by atoms with Gasteiger partial charge in [-0.1, -0.05) is 45.0 Å². The Hall–Kier alpha value is -1.75. The molecule has 114 valence electrons. The number of tetrazole rings is 1. The average Bonchev–Trinajstić information content (AvgIpc) is 2.93. The minimum Gasteiger partial charge on any atom is -0.307 e. The van der Waals surface area contributed by atoms with Crippen LogP contribution in [-0.4, -0.2) is 26.8 Å². The van der Waals surface area contributed by atoms with Crippen LogP contribution >= 0.6 is 0 Å². The van der Waals surface area contributed by atoms with Gasteiger partial charge in [0.1, 0.15) is 0 Å². The first-order valence-corrected chi connectivity index (χ1v) is 7.67. The second kappa shape index (κ2) is 7.31. The number of hydrogen-bond acceptors (Lipinski definition) is 4. The Balaban J connectivity index is 2.05. The van der Waals surface area contributed by atoms with Gasteiger partial charge in [0.2, 0.25) is 0 Å². The Bertz CT molecular complexity index is 544. The van der Waals surface area contributed by atoms with E-state index >= 15 is 0 Å². The molecule has 0 fully saturated rings. The summed E-state index contributed by atoms with van der Waals surface area (Å²) in [6, 6.07) is 8.78. The molecule has 0 spiro atoms. The van der Waals surface area contributed by atoms with Gasteiger partial charge >= 0.3 is 0 Å². The van der Waals surface area contributed by atoms with Crippen LogP contribution in [0.2, 0.25) is 0 Å². The van der Waals surface area contributed by atoms with Crippen molar-refractivity contribution >= 4 is 0 Å². The van der Waals surface area contributed by atoms with Gasteiger partial charge in [0.15, 0.2) is 5.82 Å². The number of benzene rings is 1. The predicted octanol–water partition coefficient (Wildman–Crippen LogP) is 2.59. The van der Waals surface area contributed by atoms with Crippen LogP contribution in [0.3, 0.4) is 0 Å². The molecular formula is C16H25N5. The molecule has 21 heavy (non-hydrogen) atoms. The van der Waals surface area contributed by atoms with Gasteiger partial charge in [-0.3, -0.25) is 0 Å². The van der Waals surface area contributed by atoms with E-state index in [0.717, 1.165) is 18.8 Å². The van der Waals surface area contributed by atoms with Crippen LogP contribution in [0.4, 0.5) is 0 Å². The summed E-state index contributed by atoms with van der Waals surface area (Å²) in [5.41, 5.74) is 2.57. The standard InChI is InChI=1S/C16H25N5/c1-5-14-6-8-15(9-7-14)11-21-16(18-19-20-21)13(4)17-10-12(2)3/h6-9,12-13,17H,5,10-11H2,1-4H3. The molecule has 0 saturated heterocycles. The van der Waals surface area contributed by atoms with E-state index in [9.17, 15) is 0 Å². The van der Waals surface area contributed by atoms with Crippen LogP contribution in [0.5, 0.6) is 0 Å². The number of nitrogens with one attached hydrogen (secondary N) is 1. The third-order valence-electron chi connectivity index (χ3n) is 3.54. The molecule has 5 heteroatoms. The van der Waals surface area contributed by atoms with Gasteiger partial charge in [-0.2, -0.15) is 0 Å². The lowest BCUT2D eigenvalue weighted by molar-refractivity contribution is 0.461. The monoisotopic (exact) mass is 287 g/mol. The van der Waals surface area contributed by atoms with Crippen LogP contribution in [0.1, 0.15) is 50.7 Å². The Kier molecular flexibility index (Phi) is 5.44. The topological polar surface area (TPSA) is 55.6 Å². The van der Waals surface area contributed by atoms with E-state index in [1.165, 1.54) is 11.1 Å². The second-order valence-corrected chi connectivity index (χ2v) is 5.89. The van der Waals surface area contributed by atoms with Crippen LogP contribution in [0.15, 0.2) is 24.3 Å². The van der Waals surface area contributed by atoms with E-state index in [0.29, 0.717) is 12.5 Å². The molecule has 1 aromatic carbocycles. The second-order valence-electron chi connectivity index (χ2n) is 5.89. The van der Waals surface area contributed by atoms with Gasteiger partial charge in [-0.05, 0) is 47.4 Å². The van der Waals surface area contributed by atoms with E-state index < -0.39 is 0 Å². The quantitative estimate of drug-likeness (QED) is 0.850. The minimum absolute atomic E-state index is 0.150. The minimum atomic E-state index is 0.150. The average molecular weight is 287 g/mol. The molecule has 1 atom stereocenters. The molecule has 1 heterocycles. The fourth-order valence-corrected chi connectivity index (χ4v) is 2.19. The predicted molar refractivity (Wildman–Crippen MR) is 84.0 cm³/mol. The number of aromatic nitrogens is 4. The molecule has 0 saturated carbocycles. The highest BCUT2D eigenvalue weighted by atomic mass is 15.5. The van der Waals surface area contributed by atoms with Crippen molar-refractivity contribution in [2.24, 2.45) is 5.92 Å². The van der Waals surface area contributed by atoms with Crippen LogP contribution in [-0.2, 0) is 13.0 Å². The van der Waals surface area contributed by atoms with Crippen molar-refractivity contribution in [3.8, 4) is 0 Å². The molecule has 0 radical (unpaired) electrons. The number of hydrogen-bond donors (Lipinski definition) is 1. The number of nitrogens with zero attached hydrogens (tertiary/aromatic N) is 4. The Morgan fingerprint density at radius 3 is 2.38 bits per heavy atom. The summed E-state index contributed by atoms with van der Waals surface area (Å²) in [5.74, 6) is 1.49. The van der Waals surface area contributed by atoms with E-state index in [1.807, 2.05) is 4.68 Å². The third-order valence-corrected chi connectivity index (χ3v) is 3.54. The lowest BCUT2D eigenvalue weighted by atomic mass is 10.1. The Morgan fingerprint density at radius 2 is 1.76 bits per heavy atom. The summed E-state index contributed by atoms with van der Waals surface area (Å²) in [6.07, 6.45) is 1.06. The molecule has 0 aliphatic carbocycles. The van der Waals surface area contributed by atoms with Crippen molar-refractivity contribution in [1.82, 2.24) is 25.5 Å². The molecule has 0 amide bonds. The summed E-state index contributed by atoms with van der Waals surface area (Å²) in [5, 5.41) is 15.6. The van der Waals surface area contributed by atoms with E-state index in [1.54, 1.807) is 0 Å². The first-order chi connectivity index (χ1) is 10.1. The van der Waals surface area contributed by atoms with Gasteiger partial charge < -0.3 is 5.32 Å². The third kappa shape index (κ3) is 4.36. The summed E-state index contributed by atoms with van der Waals surface area (Å²) in [7, 11) is 0. The van der Waals surface area contributed by atoms with E-state index in [2.05, 4.69) is 72.8 Å². The van der Waals surface area contributed by atoms with Gasteiger partial charge in [0.05, 0.1) is 12.6 Å². The maximum absolute atomic E-state index is 4.16. The van der Waals surface area contributed by atoms with Crippen LogP contribution in [0.25, 0.3) is 0 Å². The van der Waals surface area contributed by atoms with Gasteiger partial charge in [-0.15, -0.1) is 5.10 Å². The lowest BCUT2D eigenvalue weighted by Gasteiger charge is -2.15. The van der Waals surface area contributed by atoms with Crippen molar-refractivity contribution in [3.63, 3.8) is 0 Å². The van der Waals surface area contributed by atoms with Crippen molar-refractivity contribution in [1.29, 1.82) is 0 Å². The highest BCUT2D eigenvalue weighted by Gasteiger charge is 2.14. The first-order valence-electron chi connectivity index (χ1n) is 7.67. The van der Waals surface area contributed by atoms with E-state index in [-0.39, 0.29) is 6.04 Å². The largest absolute Gasteiger partial charge is 0.307 e. The number of aryl methyl sites for hydroxylation is 1. The fourth-order valence-electron chi connectivity index (χ4n) is 2.19. The zero-order chi connectivity index (χ0) is 15.2. The molecular weight excluding hydrogens is 262 g/mol. The van der Waals surface area contributed by atoms with Crippen molar-refractivity contribution in [2.75, 3.05) is 6.54 Å². The van der Waals surface area contributed by atoms with Gasteiger partial charge in [0.25, 0.3) is 0 Å². The number of rotatable bonds is 7. The Morgan fingerprint density at radius 1 is 1.10 bits per heavy atom. The highest BCUT2D eigenvalue weighted by Crippen LogP contribution is 2.11. The van der Waals surface area contributed by atoms with Crippen molar-refractivity contribution in [2.45, 2.75) is 46.7 Å². The smallest absolute Gasteiger partial charge is 0.168 e. The summed E-state index contributed by atoms with van der Waals surface area (Å²) in [4.78, 5) is 0. The zero-order valence-corrected chi connectivity index (χ0v) is 13.4. The first kappa shape index (κ1) is 15.6. The Labute approximate surface area is 126 Å². The fraction of sp³-hybridized carbons (Fsp3) is 0.562. The maximum Gasteiger partial charge on any atom is 0.168 e. The van der Waals surface area contributed by atoms with Gasteiger partial charge in [0, 0.05) is 0 Å². The molecule has 0 aliphatic heterocycles. The van der Waals surface area contributed by atoms with Crippen molar-refractivity contribution < 1.29 is 0 Å². The molecule has 1 unspecified atom stereocenters.